The molecule has 1 aromatic heterocycles. The van der Waals surface area contributed by atoms with Crippen LogP contribution in [0.25, 0.3) is 0 Å². The van der Waals surface area contributed by atoms with Gasteiger partial charge in [-0.1, -0.05) is 15.9 Å². The number of ether oxygens (including phenoxy) is 1. The molecular formula is C11H8BrClN2O. The van der Waals surface area contributed by atoms with E-state index in [1.807, 2.05) is 24.3 Å². The van der Waals surface area contributed by atoms with E-state index < -0.39 is 0 Å². The zero-order chi connectivity index (χ0) is 11.4. The molecule has 82 valence electrons. The summed E-state index contributed by atoms with van der Waals surface area (Å²) in [7, 11) is 0. The molecule has 0 aliphatic heterocycles. The second-order valence-corrected chi connectivity index (χ2v) is 4.22. The van der Waals surface area contributed by atoms with Crippen molar-refractivity contribution in [3.8, 4) is 11.6 Å². The van der Waals surface area contributed by atoms with Crippen LogP contribution >= 0.6 is 27.5 Å². The summed E-state index contributed by atoms with van der Waals surface area (Å²) in [5.74, 6) is 1.48. The van der Waals surface area contributed by atoms with E-state index >= 15 is 0 Å². The molecule has 0 saturated carbocycles. The first kappa shape index (κ1) is 11.4. The van der Waals surface area contributed by atoms with Gasteiger partial charge in [-0.3, -0.25) is 4.98 Å². The summed E-state index contributed by atoms with van der Waals surface area (Å²) in [6, 6.07) is 7.49. The summed E-state index contributed by atoms with van der Waals surface area (Å²) in [4.78, 5) is 8.17. The van der Waals surface area contributed by atoms with Gasteiger partial charge >= 0.3 is 0 Å². The van der Waals surface area contributed by atoms with Gasteiger partial charge in [-0.15, -0.1) is 11.6 Å². The molecule has 2 aromatic rings. The van der Waals surface area contributed by atoms with Crippen molar-refractivity contribution in [3.05, 3.63) is 46.8 Å². The quantitative estimate of drug-likeness (QED) is 0.809. The van der Waals surface area contributed by atoms with Crippen LogP contribution in [0.15, 0.2) is 41.1 Å². The third kappa shape index (κ3) is 2.93. The van der Waals surface area contributed by atoms with Crippen LogP contribution in [-0.2, 0) is 5.88 Å². The van der Waals surface area contributed by atoms with Crippen molar-refractivity contribution in [1.29, 1.82) is 0 Å². The molecule has 1 aromatic carbocycles. The molecule has 0 spiro atoms. The van der Waals surface area contributed by atoms with Gasteiger partial charge in [0, 0.05) is 10.7 Å². The van der Waals surface area contributed by atoms with Crippen molar-refractivity contribution in [1.82, 2.24) is 9.97 Å². The lowest BCUT2D eigenvalue weighted by Crippen LogP contribution is -1.92. The minimum atomic E-state index is 0.324. The van der Waals surface area contributed by atoms with Gasteiger partial charge in [0.2, 0.25) is 5.88 Å². The van der Waals surface area contributed by atoms with Crippen molar-refractivity contribution < 1.29 is 4.74 Å². The molecule has 0 N–H and O–H groups in total. The molecular weight excluding hydrogens is 291 g/mol. The second kappa shape index (κ2) is 5.27. The SMILES string of the molecule is ClCc1cncc(Oc2ccc(Br)cc2)n1. The topological polar surface area (TPSA) is 35.0 Å². The van der Waals surface area contributed by atoms with Crippen LogP contribution in [0.1, 0.15) is 5.69 Å². The molecule has 2 rings (SSSR count). The molecule has 1 heterocycles. The Morgan fingerprint density at radius 3 is 2.62 bits per heavy atom. The summed E-state index contributed by atoms with van der Waals surface area (Å²) in [5, 5.41) is 0. The number of nitrogens with zero attached hydrogens (tertiary/aromatic N) is 2. The summed E-state index contributed by atoms with van der Waals surface area (Å²) < 4.78 is 6.52. The number of hydrogen-bond acceptors (Lipinski definition) is 3. The highest BCUT2D eigenvalue weighted by molar-refractivity contribution is 9.10. The Bertz CT molecular complexity index is 476. The van der Waals surface area contributed by atoms with Crippen LogP contribution in [0, 0.1) is 0 Å². The number of aromatic nitrogens is 2. The molecule has 0 saturated heterocycles. The third-order valence-corrected chi connectivity index (χ3v) is 2.64. The lowest BCUT2D eigenvalue weighted by molar-refractivity contribution is 0.458. The second-order valence-electron chi connectivity index (χ2n) is 3.04. The lowest BCUT2D eigenvalue weighted by Gasteiger charge is -2.04. The monoisotopic (exact) mass is 298 g/mol. The Balaban J connectivity index is 2.16. The van der Waals surface area contributed by atoms with Crippen molar-refractivity contribution in [2.45, 2.75) is 5.88 Å². The molecule has 0 amide bonds. The third-order valence-electron chi connectivity index (χ3n) is 1.84. The van der Waals surface area contributed by atoms with Crippen LogP contribution in [-0.4, -0.2) is 9.97 Å². The van der Waals surface area contributed by atoms with E-state index in [1.54, 1.807) is 12.4 Å². The summed E-state index contributed by atoms with van der Waals surface area (Å²) in [6.45, 7) is 0. The molecule has 3 nitrogen and oxygen atoms in total. The molecule has 5 heteroatoms. The van der Waals surface area contributed by atoms with Crippen molar-refractivity contribution in [2.75, 3.05) is 0 Å². The first-order valence-corrected chi connectivity index (χ1v) is 5.91. The molecule has 0 radical (unpaired) electrons. The van der Waals surface area contributed by atoms with Gasteiger partial charge in [0.15, 0.2) is 0 Å². The Hall–Kier alpha value is -1.13. The van der Waals surface area contributed by atoms with Crippen LogP contribution in [0.2, 0.25) is 0 Å². The normalized spacial score (nSPS) is 10.1. The van der Waals surface area contributed by atoms with Crippen molar-refractivity contribution >= 4 is 27.5 Å². The molecule has 0 bridgehead atoms. The number of rotatable bonds is 3. The Labute approximate surface area is 107 Å². The van der Waals surface area contributed by atoms with Gasteiger partial charge in [0.1, 0.15) is 5.75 Å². The van der Waals surface area contributed by atoms with E-state index in [4.69, 9.17) is 16.3 Å². The smallest absolute Gasteiger partial charge is 0.238 e. The fraction of sp³-hybridized carbons (Fsp3) is 0.0909. The van der Waals surface area contributed by atoms with Crippen molar-refractivity contribution in [2.24, 2.45) is 0 Å². The maximum absolute atomic E-state index is 5.66. The zero-order valence-electron chi connectivity index (χ0n) is 8.23. The van der Waals surface area contributed by atoms with E-state index in [1.165, 1.54) is 0 Å². The Kier molecular flexibility index (Phi) is 3.74. The maximum atomic E-state index is 5.66. The van der Waals surface area contributed by atoms with Gasteiger partial charge < -0.3 is 4.74 Å². The number of benzene rings is 1. The van der Waals surface area contributed by atoms with E-state index in [2.05, 4.69) is 25.9 Å². The summed E-state index contributed by atoms with van der Waals surface area (Å²) in [6.07, 6.45) is 3.17. The standard InChI is InChI=1S/C11H8BrClN2O/c12-8-1-3-10(4-2-8)16-11-7-14-6-9(5-13)15-11/h1-4,6-7H,5H2. The fourth-order valence-corrected chi connectivity index (χ4v) is 1.52. The molecule has 0 unspecified atom stereocenters. The van der Waals surface area contributed by atoms with E-state index in [0.29, 0.717) is 23.2 Å². The fourth-order valence-electron chi connectivity index (χ4n) is 1.12. The molecule has 0 aliphatic rings. The predicted molar refractivity (Wildman–Crippen MR) is 65.8 cm³/mol. The first-order chi connectivity index (χ1) is 7.78. The Morgan fingerprint density at radius 2 is 1.94 bits per heavy atom. The molecule has 0 fully saturated rings. The molecule has 16 heavy (non-hydrogen) atoms. The largest absolute Gasteiger partial charge is 0.437 e. The van der Waals surface area contributed by atoms with Gasteiger partial charge in [-0.05, 0) is 24.3 Å². The van der Waals surface area contributed by atoms with Crippen LogP contribution in [0.3, 0.4) is 0 Å². The van der Waals surface area contributed by atoms with E-state index in [-0.39, 0.29) is 0 Å². The van der Waals surface area contributed by atoms with Gasteiger partial charge in [-0.25, -0.2) is 4.98 Å². The molecule has 0 atom stereocenters. The van der Waals surface area contributed by atoms with Crippen LogP contribution in [0.5, 0.6) is 11.6 Å². The van der Waals surface area contributed by atoms with Crippen LogP contribution in [0.4, 0.5) is 0 Å². The summed E-state index contributed by atoms with van der Waals surface area (Å²) >= 11 is 9.01. The first-order valence-electron chi connectivity index (χ1n) is 4.58. The summed E-state index contributed by atoms with van der Waals surface area (Å²) in [5.41, 5.74) is 0.691. The lowest BCUT2D eigenvalue weighted by atomic mass is 10.3. The minimum absolute atomic E-state index is 0.324. The average Bonchev–Trinajstić information content (AvgIpc) is 2.32. The maximum Gasteiger partial charge on any atom is 0.238 e. The highest BCUT2D eigenvalue weighted by Gasteiger charge is 2.00. The zero-order valence-corrected chi connectivity index (χ0v) is 10.6. The van der Waals surface area contributed by atoms with Crippen molar-refractivity contribution in [3.63, 3.8) is 0 Å². The minimum Gasteiger partial charge on any atom is -0.437 e. The van der Waals surface area contributed by atoms with Gasteiger partial charge in [-0.2, -0.15) is 0 Å². The number of halogens is 2. The number of hydrogen-bond donors (Lipinski definition) is 0. The Morgan fingerprint density at radius 1 is 1.19 bits per heavy atom. The van der Waals surface area contributed by atoms with Crippen LogP contribution < -0.4 is 4.74 Å². The predicted octanol–water partition coefficient (Wildman–Crippen LogP) is 3.77. The van der Waals surface area contributed by atoms with Gasteiger partial charge in [0.25, 0.3) is 0 Å². The highest BCUT2D eigenvalue weighted by atomic mass is 79.9. The highest BCUT2D eigenvalue weighted by Crippen LogP contribution is 2.21. The molecule has 0 aliphatic carbocycles. The van der Waals surface area contributed by atoms with Gasteiger partial charge in [0.05, 0.1) is 17.8 Å². The van der Waals surface area contributed by atoms with E-state index in [9.17, 15) is 0 Å². The average molecular weight is 300 g/mol. The van der Waals surface area contributed by atoms with E-state index in [0.717, 1.165) is 4.47 Å². The number of alkyl halides is 1.